The zero-order valence-corrected chi connectivity index (χ0v) is 54.2. The SMILES string of the molecule is [C-]#[N+]c1c(N(c2ccc3ccccc3c2)c2ccc3c(-c4ccccc4)cccc3c2)c2cc(C#N)c3c4cc(N5C=c6cc(C)ccc6=C6C=CC=CC65)ccc4oc3c2c2c1c(C(=Nc1ccccc1)c1ccccc1)cc1oc3c(-c4ccc(-c5ccccc5)cc4)cccc3c12. The Labute approximate surface area is 576 Å². The highest BCUT2D eigenvalue weighted by Crippen LogP contribution is 2.57. The Morgan fingerprint density at radius 1 is 0.500 bits per heavy atom. The Bertz CT molecular complexity index is 6610. The van der Waals surface area contributed by atoms with Crippen LogP contribution in [0.3, 0.4) is 0 Å². The van der Waals surface area contributed by atoms with Gasteiger partial charge in [0.15, 0.2) is 0 Å². The lowest BCUT2D eigenvalue weighted by Gasteiger charge is -2.33. The first-order valence-corrected chi connectivity index (χ1v) is 33.7. The van der Waals surface area contributed by atoms with Crippen molar-refractivity contribution in [3.8, 4) is 39.4 Å². The Hall–Kier alpha value is -13.6. The van der Waals surface area contributed by atoms with Gasteiger partial charge in [0, 0.05) is 77.7 Å². The summed E-state index contributed by atoms with van der Waals surface area (Å²) in [5, 5.41) is 24.4. The highest BCUT2D eigenvalue weighted by atomic mass is 16.3. The zero-order chi connectivity index (χ0) is 66.5. The number of benzene rings is 15. The Kier molecular flexibility index (Phi) is 13.5. The van der Waals surface area contributed by atoms with Gasteiger partial charge in [-0.15, -0.1) is 0 Å². The average molecular weight is 1280 g/mol. The van der Waals surface area contributed by atoms with Gasteiger partial charge >= 0.3 is 0 Å². The number of aliphatic imine (C=N–C) groups is 1. The second-order valence-corrected chi connectivity index (χ2v) is 25.9. The maximum absolute atomic E-state index is 12.1. The van der Waals surface area contributed by atoms with Crippen LogP contribution in [0.5, 0.6) is 0 Å². The fourth-order valence-electron chi connectivity index (χ4n) is 15.6. The Morgan fingerprint density at radius 2 is 1.17 bits per heavy atom. The van der Waals surface area contributed by atoms with E-state index in [0.29, 0.717) is 72.1 Å². The molecule has 0 fully saturated rings. The van der Waals surface area contributed by atoms with Crippen molar-refractivity contribution in [1.82, 2.24) is 0 Å². The maximum atomic E-state index is 12.1. The smallest absolute Gasteiger partial charge is 0.219 e. The van der Waals surface area contributed by atoms with Gasteiger partial charge in [-0.1, -0.05) is 248 Å². The van der Waals surface area contributed by atoms with Gasteiger partial charge in [-0.3, -0.25) is 0 Å². The molecule has 0 saturated heterocycles. The predicted molar refractivity (Wildman–Crippen MR) is 414 cm³/mol. The van der Waals surface area contributed by atoms with Crippen molar-refractivity contribution >= 4 is 139 Å². The lowest BCUT2D eigenvalue weighted by atomic mass is 9.86. The summed E-state index contributed by atoms with van der Waals surface area (Å²) in [4.78, 5) is 15.1. The molecule has 7 nitrogen and oxygen atoms in total. The third-order valence-corrected chi connectivity index (χ3v) is 20.1. The van der Waals surface area contributed by atoms with Crippen molar-refractivity contribution in [1.29, 1.82) is 5.26 Å². The number of allylic oxidation sites excluding steroid dienone is 2. The number of rotatable bonds is 10. The monoisotopic (exact) mass is 1280 g/mol. The number of para-hydroxylation sites is 2. The van der Waals surface area contributed by atoms with E-state index in [2.05, 4.69) is 278 Å². The van der Waals surface area contributed by atoms with Gasteiger partial charge in [-0.25, -0.2) is 9.84 Å². The number of hydrogen-bond donors (Lipinski definition) is 0. The van der Waals surface area contributed by atoms with Gasteiger partial charge in [-0.2, -0.15) is 5.26 Å². The van der Waals surface area contributed by atoms with E-state index in [1.165, 1.54) is 16.4 Å². The lowest BCUT2D eigenvalue weighted by Crippen LogP contribution is -2.44. The second-order valence-electron chi connectivity index (χ2n) is 25.9. The summed E-state index contributed by atoms with van der Waals surface area (Å²) >= 11 is 0. The van der Waals surface area contributed by atoms with Crippen molar-refractivity contribution in [3.63, 3.8) is 0 Å². The van der Waals surface area contributed by atoms with Gasteiger partial charge < -0.3 is 18.6 Å². The second kappa shape index (κ2) is 23.4. The number of furan rings is 2. The molecule has 0 N–H and O–H groups in total. The molecule has 0 bridgehead atoms. The molecule has 19 rings (SSSR count). The van der Waals surface area contributed by atoms with E-state index in [1.807, 2.05) is 66.7 Å². The first-order chi connectivity index (χ1) is 49.4. The highest BCUT2D eigenvalue weighted by Gasteiger charge is 2.33. The van der Waals surface area contributed by atoms with Crippen LogP contribution in [-0.2, 0) is 0 Å². The summed E-state index contributed by atoms with van der Waals surface area (Å²) in [6.07, 6.45) is 11.0. The fourth-order valence-corrected chi connectivity index (χ4v) is 15.6. The third-order valence-electron chi connectivity index (χ3n) is 20.1. The number of nitriles is 1. The molecule has 3 heterocycles. The number of fused-ring (bicyclic) bond motifs is 15. The molecule has 17 aromatic rings. The molecule has 0 radical (unpaired) electrons. The van der Waals surface area contributed by atoms with Crippen molar-refractivity contribution in [3.05, 3.63) is 360 Å². The van der Waals surface area contributed by atoms with E-state index in [9.17, 15) is 11.8 Å². The minimum Gasteiger partial charge on any atom is -0.455 e. The molecule has 2 aromatic heterocycles. The summed E-state index contributed by atoms with van der Waals surface area (Å²) in [7, 11) is 0. The molecule has 0 saturated carbocycles. The maximum Gasteiger partial charge on any atom is 0.219 e. The van der Waals surface area contributed by atoms with E-state index in [0.717, 1.165) is 110 Å². The van der Waals surface area contributed by atoms with Gasteiger partial charge in [-0.05, 0) is 150 Å². The lowest BCUT2D eigenvalue weighted by molar-refractivity contribution is 0.670. The number of hydrogen-bond acceptors (Lipinski definition) is 6. The summed E-state index contributed by atoms with van der Waals surface area (Å²) in [6.45, 7) is 12.2. The topological polar surface area (TPSA) is 73.3 Å². The van der Waals surface area contributed by atoms with Crippen LogP contribution in [0.25, 0.3) is 137 Å². The van der Waals surface area contributed by atoms with Crippen LogP contribution >= 0.6 is 0 Å². The summed E-state index contributed by atoms with van der Waals surface area (Å²) in [5.41, 5.74) is 17.9. The first-order valence-electron chi connectivity index (χ1n) is 33.7. The Morgan fingerprint density at radius 3 is 1.96 bits per heavy atom. The van der Waals surface area contributed by atoms with Crippen molar-refractivity contribution in [2.45, 2.75) is 13.0 Å². The number of aryl methyl sites for hydroxylation is 1. The van der Waals surface area contributed by atoms with Crippen LogP contribution in [0.2, 0.25) is 0 Å². The first kappa shape index (κ1) is 57.8. The van der Waals surface area contributed by atoms with E-state index in [-0.39, 0.29) is 6.04 Å². The predicted octanol–water partition coefficient (Wildman–Crippen LogP) is 23.4. The van der Waals surface area contributed by atoms with E-state index in [1.54, 1.807) is 0 Å². The van der Waals surface area contributed by atoms with E-state index < -0.39 is 0 Å². The van der Waals surface area contributed by atoms with Gasteiger partial charge in [0.2, 0.25) is 5.69 Å². The van der Waals surface area contributed by atoms with Gasteiger partial charge in [0.25, 0.3) is 0 Å². The number of anilines is 4. The molecule has 1 aliphatic carbocycles. The molecule has 1 atom stereocenters. The van der Waals surface area contributed by atoms with Crippen molar-refractivity contribution < 1.29 is 8.83 Å². The summed E-state index contributed by atoms with van der Waals surface area (Å²) in [5.74, 6) is 0. The molecular formula is C93H57N5O2. The highest BCUT2D eigenvalue weighted by molar-refractivity contribution is 6.42. The minimum absolute atomic E-state index is 0.0871. The van der Waals surface area contributed by atoms with Crippen LogP contribution in [0.1, 0.15) is 22.3 Å². The zero-order valence-electron chi connectivity index (χ0n) is 54.2. The summed E-state index contributed by atoms with van der Waals surface area (Å²) in [6, 6.07) is 104. The fraction of sp³-hybridized carbons (Fsp3) is 0.0215. The van der Waals surface area contributed by atoms with Gasteiger partial charge in [0.05, 0.1) is 41.3 Å². The average Bonchev–Trinajstić information content (AvgIpc) is 1.35. The van der Waals surface area contributed by atoms with Crippen LogP contribution in [-0.4, -0.2) is 11.8 Å². The standard InChI is InChI=1S/C93H57N5O2/c1-57-37-46-74-67(49-57)56-97(81-36-18-17-32-76(74)81)69-45-48-82-78(53-69)84-66(55-94)52-80-87(93(84)99-82)88-85-77-35-20-34-75(62-40-38-60(39-41-62)58-21-7-3-8-22-58)92(77)100-83(85)54-79(89(63-26-11-5-12-27-63)96-68-30-13-6-14-31-68)86(88)90(95-2)91(80)98(70-43-42-59-23-15-16-28-64(59)50-70)71-44-47-73-65(51-71)29-19-33-72(73)61-24-9-4-10-25-61/h3-54,56,81H,1H3. The van der Waals surface area contributed by atoms with E-state index >= 15 is 0 Å². The van der Waals surface area contributed by atoms with Crippen LogP contribution < -0.4 is 20.2 Å². The molecule has 1 aliphatic heterocycles. The largest absolute Gasteiger partial charge is 0.455 e. The molecule has 1 unspecified atom stereocenters. The quantitative estimate of drug-likeness (QED) is 0.0775. The molecule has 0 spiro atoms. The Balaban J connectivity index is 0.992. The third kappa shape index (κ3) is 9.37. The minimum atomic E-state index is -0.0871. The van der Waals surface area contributed by atoms with Crippen molar-refractivity contribution in [2.75, 3.05) is 9.80 Å². The van der Waals surface area contributed by atoms with E-state index in [4.69, 9.17) is 18.7 Å². The van der Waals surface area contributed by atoms with Crippen LogP contribution in [0.4, 0.5) is 34.1 Å². The van der Waals surface area contributed by atoms with Crippen LogP contribution in [0.15, 0.2) is 329 Å². The molecular weight excluding hydrogens is 1220 g/mol. The number of nitrogens with zero attached hydrogens (tertiary/aromatic N) is 5. The molecule has 2 aliphatic rings. The normalized spacial score (nSPS) is 13.6. The molecule has 7 heteroatoms. The molecule has 100 heavy (non-hydrogen) atoms. The van der Waals surface area contributed by atoms with Crippen LogP contribution in [0, 0.1) is 24.8 Å². The molecule has 466 valence electrons. The van der Waals surface area contributed by atoms with Gasteiger partial charge in [0.1, 0.15) is 22.3 Å². The molecule has 0 amide bonds. The van der Waals surface area contributed by atoms with Crippen molar-refractivity contribution in [2.24, 2.45) is 4.99 Å². The molecule has 15 aromatic carbocycles. The summed E-state index contributed by atoms with van der Waals surface area (Å²) < 4.78 is 15.1.